The Morgan fingerprint density at radius 3 is 2.27 bits per heavy atom. The zero-order chi connectivity index (χ0) is 23.2. The molecule has 4 aromatic rings. The highest BCUT2D eigenvalue weighted by Gasteiger charge is 2.29. The summed E-state index contributed by atoms with van der Waals surface area (Å²) in [6.07, 6.45) is 3.37. The minimum absolute atomic E-state index is 0.00955. The van der Waals surface area contributed by atoms with Crippen LogP contribution in [0.4, 0.5) is 4.39 Å². The first-order valence-corrected chi connectivity index (χ1v) is 11.6. The topological polar surface area (TPSA) is 63.9 Å². The number of rotatable bonds is 8. The molecule has 33 heavy (non-hydrogen) atoms. The minimum Gasteiger partial charge on any atom is -0.342 e. The molecule has 2 aromatic heterocycles. The number of carbonyl (C=O) groups excluding carboxylic acids is 1. The second-order valence-corrected chi connectivity index (χ2v) is 8.35. The standard InChI is InChI=1S/C25H24FN5OS/c1-3-30(4-2)24(32)22(18-8-6-5-7-9-18)33-25-29-28-23(19-14-16-27-17-15-19)31(25)21-12-10-20(26)11-13-21/h5-17,22H,3-4H2,1-2H3/t22-/m1/s1. The average molecular weight is 462 g/mol. The van der Waals surface area contributed by atoms with E-state index in [0.29, 0.717) is 29.8 Å². The second-order valence-electron chi connectivity index (χ2n) is 7.27. The van der Waals surface area contributed by atoms with E-state index in [1.54, 1.807) is 24.5 Å². The van der Waals surface area contributed by atoms with Crippen LogP contribution in [0, 0.1) is 5.82 Å². The van der Waals surface area contributed by atoms with Crippen molar-refractivity contribution in [3.63, 3.8) is 0 Å². The van der Waals surface area contributed by atoms with E-state index in [4.69, 9.17) is 0 Å². The number of likely N-dealkylation sites (N-methyl/N-ethyl adjacent to an activating group) is 1. The first-order chi connectivity index (χ1) is 16.1. The molecule has 0 aliphatic rings. The molecule has 1 atom stereocenters. The van der Waals surface area contributed by atoms with Gasteiger partial charge in [0, 0.05) is 36.7 Å². The predicted molar refractivity (Wildman–Crippen MR) is 128 cm³/mol. The molecule has 168 valence electrons. The number of hydrogen-bond acceptors (Lipinski definition) is 5. The summed E-state index contributed by atoms with van der Waals surface area (Å²) < 4.78 is 15.5. The Bertz CT molecular complexity index is 1190. The van der Waals surface area contributed by atoms with Crippen molar-refractivity contribution >= 4 is 17.7 Å². The Morgan fingerprint density at radius 1 is 0.970 bits per heavy atom. The lowest BCUT2D eigenvalue weighted by atomic mass is 10.1. The summed E-state index contributed by atoms with van der Waals surface area (Å²) in [5, 5.41) is 8.91. The molecule has 0 saturated heterocycles. The summed E-state index contributed by atoms with van der Waals surface area (Å²) in [4.78, 5) is 19.4. The van der Waals surface area contributed by atoms with E-state index in [2.05, 4.69) is 15.2 Å². The highest BCUT2D eigenvalue weighted by Crippen LogP contribution is 2.38. The van der Waals surface area contributed by atoms with Crippen molar-refractivity contribution in [2.75, 3.05) is 13.1 Å². The average Bonchev–Trinajstić information content (AvgIpc) is 3.28. The minimum atomic E-state index is -0.500. The summed E-state index contributed by atoms with van der Waals surface area (Å²) in [6, 6.07) is 19.5. The van der Waals surface area contributed by atoms with Gasteiger partial charge in [-0.2, -0.15) is 0 Å². The lowest BCUT2D eigenvalue weighted by Gasteiger charge is -2.25. The maximum absolute atomic E-state index is 13.7. The van der Waals surface area contributed by atoms with E-state index in [1.807, 2.05) is 65.8 Å². The molecular weight excluding hydrogens is 437 g/mol. The number of halogens is 1. The number of hydrogen-bond donors (Lipinski definition) is 0. The molecule has 0 saturated carbocycles. The summed E-state index contributed by atoms with van der Waals surface area (Å²) in [7, 11) is 0. The first-order valence-electron chi connectivity index (χ1n) is 10.7. The zero-order valence-corrected chi connectivity index (χ0v) is 19.2. The van der Waals surface area contributed by atoms with E-state index < -0.39 is 5.25 Å². The van der Waals surface area contributed by atoms with Crippen molar-refractivity contribution in [1.82, 2.24) is 24.6 Å². The van der Waals surface area contributed by atoms with Gasteiger partial charge in [0.15, 0.2) is 11.0 Å². The maximum Gasteiger partial charge on any atom is 0.240 e. The molecule has 0 N–H and O–H groups in total. The molecule has 8 heteroatoms. The van der Waals surface area contributed by atoms with Gasteiger partial charge >= 0.3 is 0 Å². The molecule has 0 radical (unpaired) electrons. The summed E-state index contributed by atoms with van der Waals surface area (Å²) in [5.41, 5.74) is 2.41. The van der Waals surface area contributed by atoms with Gasteiger partial charge in [0.05, 0.1) is 0 Å². The Kier molecular flexibility index (Phi) is 7.14. The van der Waals surface area contributed by atoms with E-state index >= 15 is 0 Å². The van der Waals surface area contributed by atoms with Crippen LogP contribution in [0.3, 0.4) is 0 Å². The Hall–Kier alpha value is -3.52. The number of pyridine rings is 1. The van der Waals surface area contributed by atoms with Gasteiger partial charge in [-0.05, 0) is 55.8 Å². The summed E-state index contributed by atoms with van der Waals surface area (Å²) in [5.74, 6) is 0.272. The Morgan fingerprint density at radius 2 is 1.64 bits per heavy atom. The Balaban J connectivity index is 1.82. The molecule has 2 heterocycles. The number of benzene rings is 2. The quantitative estimate of drug-likeness (QED) is 0.339. The number of thioether (sulfide) groups is 1. The van der Waals surface area contributed by atoms with Crippen LogP contribution in [0.25, 0.3) is 17.1 Å². The normalized spacial score (nSPS) is 11.8. The van der Waals surface area contributed by atoms with Crippen LogP contribution in [0.2, 0.25) is 0 Å². The maximum atomic E-state index is 13.7. The molecule has 1 amide bonds. The summed E-state index contributed by atoms with van der Waals surface area (Å²) in [6.45, 7) is 5.17. The molecule has 0 aliphatic heterocycles. The fourth-order valence-corrected chi connectivity index (χ4v) is 4.69. The molecule has 0 aliphatic carbocycles. The molecule has 0 unspecified atom stereocenters. The molecule has 0 fully saturated rings. The van der Waals surface area contributed by atoms with Crippen molar-refractivity contribution in [3.8, 4) is 17.1 Å². The molecule has 0 bridgehead atoms. The van der Waals surface area contributed by atoms with Crippen LogP contribution in [-0.2, 0) is 4.79 Å². The van der Waals surface area contributed by atoms with Crippen molar-refractivity contribution in [2.45, 2.75) is 24.3 Å². The van der Waals surface area contributed by atoms with Gasteiger partial charge in [0.1, 0.15) is 11.1 Å². The third-order valence-corrected chi connectivity index (χ3v) is 6.47. The molecule has 2 aromatic carbocycles. The monoisotopic (exact) mass is 461 g/mol. The highest BCUT2D eigenvalue weighted by atomic mass is 32.2. The van der Waals surface area contributed by atoms with E-state index in [0.717, 1.165) is 11.1 Å². The number of amides is 1. The van der Waals surface area contributed by atoms with Gasteiger partial charge in [0.25, 0.3) is 0 Å². The van der Waals surface area contributed by atoms with E-state index in [-0.39, 0.29) is 11.7 Å². The molecule has 0 spiro atoms. The van der Waals surface area contributed by atoms with Gasteiger partial charge in [-0.1, -0.05) is 42.1 Å². The fraction of sp³-hybridized carbons (Fsp3) is 0.200. The summed E-state index contributed by atoms with van der Waals surface area (Å²) >= 11 is 1.34. The van der Waals surface area contributed by atoms with Crippen molar-refractivity contribution < 1.29 is 9.18 Å². The van der Waals surface area contributed by atoms with Crippen LogP contribution >= 0.6 is 11.8 Å². The lowest BCUT2D eigenvalue weighted by molar-refractivity contribution is -0.130. The van der Waals surface area contributed by atoms with Gasteiger partial charge in [-0.25, -0.2) is 4.39 Å². The Labute approximate surface area is 196 Å². The molecule has 4 rings (SSSR count). The first kappa shape index (κ1) is 22.7. The van der Waals surface area contributed by atoms with Gasteiger partial charge in [-0.15, -0.1) is 10.2 Å². The number of nitrogens with zero attached hydrogens (tertiary/aromatic N) is 5. The molecular formula is C25H24FN5OS. The van der Waals surface area contributed by atoms with Crippen molar-refractivity contribution in [2.24, 2.45) is 0 Å². The third-order valence-electron chi connectivity index (χ3n) is 5.28. The largest absolute Gasteiger partial charge is 0.342 e. The number of aromatic nitrogens is 4. The van der Waals surface area contributed by atoms with Crippen LogP contribution in [0.1, 0.15) is 24.7 Å². The smallest absolute Gasteiger partial charge is 0.240 e. The van der Waals surface area contributed by atoms with Crippen LogP contribution in [-0.4, -0.2) is 43.6 Å². The van der Waals surface area contributed by atoms with Gasteiger partial charge in [0.2, 0.25) is 5.91 Å². The molecule has 6 nitrogen and oxygen atoms in total. The second kappa shape index (κ2) is 10.4. The lowest BCUT2D eigenvalue weighted by Crippen LogP contribution is -2.34. The SMILES string of the molecule is CCN(CC)C(=O)[C@H](Sc1nnc(-c2ccncc2)n1-c1ccc(F)cc1)c1ccccc1. The van der Waals surface area contributed by atoms with Crippen LogP contribution < -0.4 is 0 Å². The number of carbonyl (C=O) groups is 1. The van der Waals surface area contributed by atoms with Crippen molar-refractivity contribution in [1.29, 1.82) is 0 Å². The van der Waals surface area contributed by atoms with Gasteiger partial charge < -0.3 is 4.90 Å². The van der Waals surface area contributed by atoms with Crippen molar-refractivity contribution in [3.05, 3.63) is 90.5 Å². The predicted octanol–water partition coefficient (Wildman–Crippen LogP) is 5.17. The third kappa shape index (κ3) is 4.96. The van der Waals surface area contributed by atoms with Crippen LogP contribution in [0.5, 0.6) is 0 Å². The van der Waals surface area contributed by atoms with E-state index in [1.165, 1.54) is 23.9 Å². The van der Waals surface area contributed by atoms with E-state index in [9.17, 15) is 9.18 Å². The zero-order valence-electron chi connectivity index (χ0n) is 18.4. The fourth-order valence-electron chi connectivity index (χ4n) is 3.55. The highest BCUT2D eigenvalue weighted by molar-refractivity contribution is 8.00. The van der Waals surface area contributed by atoms with Gasteiger partial charge in [-0.3, -0.25) is 14.3 Å². The van der Waals surface area contributed by atoms with Crippen LogP contribution in [0.15, 0.2) is 84.3 Å².